The number of urea groups is 1. The number of hydrogen-bond acceptors (Lipinski definition) is 2. The molecule has 0 radical (unpaired) electrons. The lowest BCUT2D eigenvalue weighted by Gasteiger charge is -2.37. The van der Waals surface area contributed by atoms with Gasteiger partial charge in [0.2, 0.25) is 0 Å². The second-order valence-corrected chi connectivity index (χ2v) is 5.73. The highest BCUT2D eigenvalue weighted by atomic mass is 19.4. The fourth-order valence-electron chi connectivity index (χ4n) is 3.25. The van der Waals surface area contributed by atoms with Crippen LogP contribution in [-0.2, 0) is 0 Å². The van der Waals surface area contributed by atoms with E-state index in [1.165, 1.54) is 0 Å². The highest BCUT2D eigenvalue weighted by Crippen LogP contribution is 2.30. The van der Waals surface area contributed by atoms with Crippen LogP contribution >= 0.6 is 0 Å². The number of halogens is 3. The number of rotatable bonds is 4. The maximum absolute atomic E-state index is 12.2. The van der Waals surface area contributed by atoms with Gasteiger partial charge in [-0.15, -0.1) is 0 Å². The highest BCUT2D eigenvalue weighted by Gasteiger charge is 2.38. The molecular weight excluding hydrogens is 271 g/mol. The van der Waals surface area contributed by atoms with Crippen molar-refractivity contribution >= 4 is 6.03 Å². The first-order chi connectivity index (χ1) is 9.39. The van der Waals surface area contributed by atoms with Gasteiger partial charge in [0.05, 0.1) is 0 Å². The third-order valence-electron chi connectivity index (χ3n) is 4.05. The summed E-state index contributed by atoms with van der Waals surface area (Å²) in [6.45, 7) is 1.18. The number of fused-ring (bicyclic) bond motifs is 2. The molecule has 2 saturated heterocycles. The molecule has 2 rings (SSSR count). The maximum atomic E-state index is 12.2. The fourth-order valence-corrected chi connectivity index (χ4v) is 3.25. The topological polar surface area (TPSA) is 44.4 Å². The van der Waals surface area contributed by atoms with Crippen LogP contribution in [0.25, 0.3) is 0 Å². The van der Waals surface area contributed by atoms with Crippen LogP contribution in [0.4, 0.5) is 18.0 Å². The average molecular weight is 293 g/mol. The SMILES string of the molecule is CCCN(C(=O)NCC(F)(F)F)C1CC2CCC(C1)N2. The van der Waals surface area contributed by atoms with Gasteiger partial charge in [0, 0.05) is 24.7 Å². The molecule has 2 bridgehead atoms. The lowest BCUT2D eigenvalue weighted by Crippen LogP contribution is -2.54. The fraction of sp³-hybridized carbons (Fsp3) is 0.923. The summed E-state index contributed by atoms with van der Waals surface area (Å²) in [5.74, 6) is 0. The Labute approximate surface area is 117 Å². The Hall–Kier alpha value is -0.980. The van der Waals surface area contributed by atoms with Gasteiger partial charge in [0.1, 0.15) is 6.54 Å². The molecule has 2 heterocycles. The Morgan fingerprint density at radius 2 is 1.90 bits per heavy atom. The van der Waals surface area contributed by atoms with Crippen molar-refractivity contribution in [1.29, 1.82) is 0 Å². The van der Waals surface area contributed by atoms with Crippen molar-refractivity contribution in [2.24, 2.45) is 0 Å². The van der Waals surface area contributed by atoms with Gasteiger partial charge in [0.15, 0.2) is 0 Å². The number of amides is 2. The van der Waals surface area contributed by atoms with Crippen molar-refractivity contribution < 1.29 is 18.0 Å². The van der Waals surface area contributed by atoms with E-state index < -0.39 is 18.8 Å². The first-order valence-corrected chi connectivity index (χ1v) is 7.26. The number of nitrogens with one attached hydrogen (secondary N) is 2. The molecule has 0 aromatic carbocycles. The molecule has 2 atom stereocenters. The summed E-state index contributed by atoms with van der Waals surface area (Å²) >= 11 is 0. The lowest BCUT2D eigenvalue weighted by atomic mass is 9.98. The molecule has 2 N–H and O–H groups in total. The molecule has 7 heteroatoms. The summed E-state index contributed by atoms with van der Waals surface area (Å²) in [7, 11) is 0. The van der Waals surface area contributed by atoms with Crippen molar-refractivity contribution in [3.05, 3.63) is 0 Å². The van der Waals surface area contributed by atoms with Gasteiger partial charge in [-0.05, 0) is 32.1 Å². The molecule has 2 aliphatic rings. The summed E-state index contributed by atoms with van der Waals surface area (Å²) in [4.78, 5) is 13.6. The second kappa shape index (κ2) is 6.20. The molecule has 20 heavy (non-hydrogen) atoms. The molecular formula is C13H22F3N3O. The largest absolute Gasteiger partial charge is 0.405 e. The van der Waals surface area contributed by atoms with Gasteiger partial charge in [-0.3, -0.25) is 0 Å². The first-order valence-electron chi connectivity index (χ1n) is 7.26. The zero-order valence-corrected chi connectivity index (χ0v) is 11.7. The van der Waals surface area contributed by atoms with E-state index in [4.69, 9.17) is 0 Å². The predicted octanol–water partition coefficient (Wildman–Crippen LogP) is 2.25. The number of carbonyl (C=O) groups is 1. The van der Waals surface area contributed by atoms with E-state index in [1.54, 1.807) is 4.90 Å². The Morgan fingerprint density at radius 3 is 2.40 bits per heavy atom. The maximum Gasteiger partial charge on any atom is 0.405 e. The number of hydrogen-bond donors (Lipinski definition) is 2. The Morgan fingerprint density at radius 1 is 1.30 bits per heavy atom. The van der Waals surface area contributed by atoms with E-state index >= 15 is 0 Å². The van der Waals surface area contributed by atoms with E-state index in [9.17, 15) is 18.0 Å². The third kappa shape index (κ3) is 4.01. The van der Waals surface area contributed by atoms with Gasteiger partial charge in [-0.2, -0.15) is 13.2 Å². The highest BCUT2D eigenvalue weighted by molar-refractivity contribution is 5.74. The molecule has 0 aromatic rings. The molecule has 0 saturated carbocycles. The molecule has 0 aromatic heterocycles. The van der Waals surface area contributed by atoms with Gasteiger partial charge in [0.25, 0.3) is 0 Å². The monoisotopic (exact) mass is 293 g/mol. The van der Waals surface area contributed by atoms with Crippen LogP contribution in [0.15, 0.2) is 0 Å². The second-order valence-electron chi connectivity index (χ2n) is 5.73. The van der Waals surface area contributed by atoms with E-state index in [0.29, 0.717) is 18.6 Å². The van der Waals surface area contributed by atoms with E-state index in [1.807, 2.05) is 12.2 Å². The van der Waals surface area contributed by atoms with Crippen LogP contribution < -0.4 is 10.6 Å². The minimum absolute atomic E-state index is 0.0573. The zero-order valence-electron chi connectivity index (χ0n) is 11.7. The molecule has 2 fully saturated rings. The predicted molar refractivity (Wildman–Crippen MR) is 69.4 cm³/mol. The molecule has 4 nitrogen and oxygen atoms in total. The molecule has 2 aliphatic heterocycles. The molecule has 2 amide bonds. The molecule has 0 aliphatic carbocycles. The van der Waals surface area contributed by atoms with E-state index in [-0.39, 0.29) is 6.04 Å². The summed E-state index contributed by atoms with van der Waals surface area (Å²) in [5, 5.41) is 5.47. The van der Waals surface area contributed by atoms with Crippen molar-refractivity contribution in [2.75, 3.05) is 13.1 Å². The first kappa shape index (κ1) is 15.4. The Balaban J connectivity index is 1.93. The lowest BCUT2D eigenvalue weighted by molar-refractivity contribution is -0.123. The van der Waals surface area contributed by atoms with Crippen LogP contribution in [-0.4, -0.2) is 48.3 Å². The van der Waals surface area contributed by atoms with E-state index in [2.05, 4.69) is 5.32 Å². The number of nitrogens with zero attached hydrogens (tertiary/aromatic N) is 1. The van der Waals surface area contributed by atoms with Crippen LogP contribution in [0, 0.1) is 0 Å². The molecule has 0 spiro atoms. The molecule has 116 valence electrons. The number of alkyl halides is 3. The van der Waals surface area contributed by atoms with Gasteiger partial charge >= 0.3 is 12.2 Å². The molecule has 2 unspecified atom stereocenters. The van der Waals surface area contributed by atoms with Crippen LogP contribution in [0.2, 0.25) is 0 Å². The summed E-state index contributed by atoms with van der Waals surface area (Å²) in [6, 6.07) is 0.291. The zero-order chi connectivity index (χ0) is 14.8. The van der Waals surface area contributed by atoms with Crippen LogP contribution in [0.5, 0.6) is 0 Å². The number of carbonyl (C=O) groups excluding carboxylic acids is 1. The summed E-state index contributed by atoms with van der Waals surface area (Å²) < 4.78 is 36.6. The van der Waals surface area contributed by atoms with E-state index in [0.717, 1.165) is 32.1 Å². The smallest absolute Gasteiger partial charge is 0.329 e. The van der Waals surface area contributed by atoms with Crippen LogP contribution in [0.3, 0.4) is 0 Å². The average Bonchev–Trinajstić information content (AvgIpc) is 2.71. The van der Waals surface area contributed by atoms with Gasteiger partial charge in [-0.25, -0.2) is 4.79 Å². The normalized spacial score (nSPS) is 29.3. The minimum Gasteiger partial charge on any atom is -0.329 e. The third-order valence-corrected chi connectivity index (χ3v) is 4.05. The standard InChI is InChI=1S/C13H22F3N3O/c1-2-5-19(12(20)17-8-13(14,15)16)11-6-9-3-4-10(7-11)18-9/h9-11,18H,2-8H2,1H3,(H,17,20). The summed E-state index contributed by atoms with van der Waals surface area (Å²) in [5.41, 5.74) is 0. The quantitative estimate of drug-likeness (QED) is 0.835. The Bertz CT molecular complexity index is 336. The van der Waals surface area contributed by atoms with Crippen molar-refractivity contribution in [3.8, 4) is 0 Å². The van der Waals surface area contributed by atoms with Gasteiger partial charge in [-0.1, -0.05) is 6.92 Å². The Kier molecular flexibility index (Phi) is 4.78. The van der Waals surface area contributed by atoms with Crippen molar-refractivity contribution in [3.63, 3.8) is 0 Å². The number of piperidine rings is 1. The minimum atomic E-state index is -4.36. The van der Waals surface area contributed by atoms with Crippen molar-refractivity contribution in [2.45, 2.75) is 63.3 Å². The van der Waals surface area contributed by atoms with Gasteiger partial charge < -0.3 is 15.5 Å². The summed E-state index contributed by atoms with van der Waals surface area (Å²) in [6.07, 6.45) is 0.280. The van der Waals surface area contributed by atoms with Crippen LogP contribution in [0.1, 0.15) is 39.0 Å². The van der Waals surface area contributed by atoms with Crippen molar-refractivity contribution in [1.82, 2.24) is 15.5 Å².